The lowest BCUT2D eigenvalue weighted by atomic mass is 9.76. The number of fused-ring (bicyclic) bond motifs is 1. The van der Waals surface area contributed by atoms with Gasteiger partial charge in [0.1, 0.15) is 6.04 Å². The van der Waals surface area contributed by atoms with Gasteiger partial charge < -0.3 is 10.0 Å². The summed E-state index contributed by atoms with van der Waals surface area (Å²) in [4.78, 5) is 25.3. The van der Waals surface area contributed by atoms with Gasteiger partial charge in [-0.1, -0.05) is 24.3 Å². The van der Waals surface area contributed by atoms with Crippen LogP contribution in [0.1, 0.15) is 36.3 Å². The number of carboxylic acids is 1. The minimum absolute atomic E-state index is 0.00852. The van der Waals surface area contributed by atoms with E-state index in [1.54, 1.807) is 4.90 Å². The van der Waals surface area contributed by atoms with Crippen LogP contribution in [-0.4, -0.2) is 34.5 Å². The Bertz CT molecular complexity index is 526. The van der Waals surface area contributed by atoms with Gasteiger partial charge in [0, 0.05) is 6.54 Å². The van der Waals surface area contributed by atoms with Gasteiger partial charge in [-0.05, 0) is 36.8 Å². The van der Waals surface area contributed by atoms with Crippen LogP contribution >= 0.6 is 0 Å². The first-order valence-electron chi connectivity index (χ1n) is 6.79. The van der Waals surface area contributed by atoms with Gasteiger partial charge in [-0.25, -0.2) is 4.79 Å². The molecule has 1 aromatic carbocycles. The number of hydrogen-bond donors (Lipinski definition) is 1. The summed E-state index contributed by atoms with van der Waals surface area (Å²) in [6, 6.07) is 7.28. The van der Waals surface area contributed by atoms with Gasteiger partial charge in [0.05, 0.1) is 5.92 Å². The van der Waals surface area contributed by atoms with E-state index in [9.17, 15) is 14.7 Å². The first kappa shape index (κ1) is 12.2. The molecule has 1 heterocycles. The monoisotopic (exact) mass is 259 g/mol. The lowest BCUT2D eigenvalue weighted by molar-refractivity contribution is -0.153. The molecule has 4 nitrogen and oxygen atoms in total. The predicted octanol–water partition coefficient (Wildman–Crippen LogP) is 1.79. The Morgan fingerprint density at radius 1 is 1.21 bits per heavy atom. The maximum absolute atomic E-state index is 12.5. The number of carbonyl (C=O) groups excluding carboxylic acids is 1. The molecule has 1 N–H and O–H groups in total. The second kappa shape index (κ2) is 4.68. The second-order valence-corrected chi connectivity index (χ2v) is 5.34. The van der Waals surface area contributed by atoms with Crippen molar-refractivity contribution in [2.45, 2.75) is 37.6 Å². The fraction of sp³-hybridized carbons (Fsp3) is 0.467. The number of rotatable bonds is 2. The van der Waals surface area contributed by atoms with Crippen molar-refractivity contribution in [2.24, 2.45) is 0 Å². The van der Waals surface area contributed by atoms with E-state index < -0.39 is 12.0 Å². The van der Waals surface area contributed by atoms with Crippen molar-refractivity contribution in [3.8, 4) is 0 Å². The molecule has 1 aromatic rings. The molecule has 1 amide bonds. The number of benzene rings is 1. The van der Waals surface area contributed by atoms with Crippen molar-refractivity contribution < 1.29 is 14.7 Å². The molecule has 1 unspecified atom stereocenters. The summed E-state index contributed by atoms with van der Waals surface area (Å²) in [7, 11) is 0. The van der Waals surface area contributed by atoms with Gasteiger partial charge in [-0.3, -0.25) is 4.79 Å². The van der Waals surface area contributed by atoms with E-state index in [0.717, 1.165) is 24.8 Å². The standard InChI is InChI=1S/C15H17NO3/c17-14(12-9-10-5-1-2-6-11(10)12)16-8-4-3-7-13(16)15(18)19/h1-2,5-6,12-13H,3-4,7-9H2,(H,18,19)/t12?,13-/m0/s1. The maximum atomic E-state index is 12.5. The topological polar surface area (TPSA) is 57.6 Å². The molecule has 1 aliphatic carbocycles. The highest BCUT2D eigenvalue weighted by molar-refractivity contribution is 5.90. The van der Waals surface area contributed by atoms with E-state index in [-0.39, 0.29) is 11.8 Å². The van der Waals surface area contributed by atoms with Crippen LogP contribution in [-0.2, 0) is 16.0 Å². The molecule has 0 saturated carbocycles. The predicted molar refractivity (Wildman–Crippen MR) is 69.9 cm³/mol. The van der Waals surface area contributed by atoms with Gasteiger partial charge in [0.15, 0.2) is 0 Å². The van der Waals surface area contributed by atoms with E-state index >= 15 is 0 Å². The van der Waals surface area contributed by atoms with Crippen LogP contribution in [0.4, 0.5) is 0 Å². The molecule has 19 heavy (non-hydrogen) atoms. The molecule has 2 aliphatic rings. The van der Waals surface area contributed by atoms with Crippen LogP contribution in [0, 0.1) is 0 Å². The summed E-state index contributed by atoms with van der Waals surface area (Å²) in [5, 5.41) is 9.23. The van der Waals surface area contributed by atoms with Gasteiger partial charge in [0.25, 0.3) is 0 Å². The summed E-state index contributed by atoms with van der Waals surface area (Å²) >= 11 is 0. The summed E-state index contributed by atoms with van der Waals surface area (Å²) < 4.78 is 0. The highest BCUT2D eigenvalue weighted by Crippen LogP contribution is 2.37. The molecule has 1 aliphatic heterocycles. The molecular weight excluding hydrogens is 242 g/mol. The number of aliphatic carboxylic acids is 1. The van der Waals surface area contributed by atoms with Crippen molar-refractivity contribution in [3.05, 3.63) is 35.4 Å². The minimum atomic E-state index is -0.874. The maximum Gasteiger partial charge on any atom is 0.326 e. The molecule has 100 valence electrons. The molecule has 1 fully saturated rings. The Hall–Kier alpha value is -1.84. The fourth-order valence-corrected chi connectivity index (χ4v) is 3.13. The van der Waals surface area contributed by atoms with Crippen LogP contribution in [0.15, 0.2) is 24.3 Å². The van der Waals surface area contributed by atoms with Gasteiger partial charge in [-0.15, -0.1) is 0 Å². The third kappa shape index (κ3) is 2.01. The number of nitrogens with zero attached hydrogens (tertiary/aromatic N) is 1. The summed E-state index contributed by atoms with van der Waals surface area (Å²) in [6.45, 7) is 0.578. The minimum Gasteiger partial charge on any atom is -0.480 e. The number of likely N-dealkylation sites (tertiary alicyclic amines) is 1. The highest BCUT2D eigenvalue weighted by atomic mass is 16.4. The summed E-state index contributed by atoms with van der Waals surface area (Å²) in [6.07, 6.45) is 3.12. The van der Waals surface area contributed by atoms with E-state index in [1.807, 2.05) is 24.3 Å². The summed E-state index contributed by atoms with van der Waals surface area (Å²) in [5.74, 6) is -1.01. The lowest BCUT2D eigenvalue weighted by Crippen LogP contribution is -2.51. The third-order valence-corrected chi connectivity index (χ3v) is 4.22. The van der Waals surface area contributed by atoms with E-state index in [1.165, 1.54) is 5.56 Å². The number of carbonyl (C=O) groups is 2. The average molecular weight is 259 g/mol. The second-order valence-electron chi connectivity index (χ2n) is 5.34. The normalized spacial score (nSPS) is 25.4. The Balaban J connectivity index is 1.79. The lowest BCUT2D eigenvalue weighted by Gasteiger charge is -2.38. The van der Waals surface area contributed by atoms with Crippen LogP contribution in [0.2, 0.25) is 0 Å². The molecule has 0 spiro atoms. The quantitative estimate of drug-likeness (QED) is 0.881. The van der Waals surface area contributed by atoms with Crippen LogP contribution in [0.3, 0.4) is 0 Å². The summed E-state index contributed by atoms with van der Waals surface area (Å²) in [5.41, 5.74) is 2.28. The molecule has 4 heteroatoms. The highest BCUT2D eigenvalue weighted by Gasteiger charge is 2.39. The number of amides is 1. The first-order valence-corrected chi connectivity index (χ1v) is 6.79. The molecule has 0 radical (unpaired) electrons. The Labute approximate surface area is 112 Å². The number of hydrogen-bond acceptors (Lipinski definition) is 2. The zero-order valence-corrected chi connectivity index (χ0v) is 10.7. The smallest absolute Gasteiger partial charge is 0.326 e. The van der Waals surface area contributed by atoms with Crippen molar-refractivity contribution in [2.75, 3.05) is 6.54 Å². The first-order chi connectivity index (χ1) is 9.18. The van der Waals surface area contributed by atoms with Crippen molar-refractivity contribution >= 4 is 11.9 Å². The molecule has 0 bridgehead atoms. The van der Waals surface area contributed by atoms with E-state index in [4.69, 9.17) is 0 Å². The van der Waals surface area contributed by atoms with Gasteiger partial charge >= 0.3 is 5.97 Å². The van der Waals surface area contributed by atoms with Gasteiger partial charge in [0.2, 0.25) is 5.91 Å². The Morgan fingerprint density at radius 2 is 2.00 bits per heavy atom. The van der Waals surface area contributed by atoms with Crippen molar-refractivity contribution in [1.29, 1.82) is 0 Å². The van der Waals surface area contributed by atoms with Gasteiger partial charge in [-0.2, -0.15) is 0 Å². The van der Waals surface area contributed by atoms with Crippen molar-refractivity contribution in [3.63, 3.8) is 0 Å². The largest absolute Gasteiger partial charge is 0.480 e. The molecular formula is C15H17NO3. The van der Waals surface area contributed by atoms with Crippen LogP contribution < -0.4 is 0 Å². The average Bonchev–Trinajstić information content (AvgIpc) is 2.40. The van der Waals surface area contributed by atoms with Crippen LogP contribution in [0.5, 0.6) is 0 Å². The van der Waals surface area contributed by atoms with Crippen LogP contribution in [0.25, 0.3) is 0 Å². The third-order valence-electron chi connectivity index (χ3n) is 4.22. The van der Waals surface area contributed by atoms with E-state index in [2.05, 4.69) is 0 Å². The SMILES string of the molecule is O=C(O)[C@@H]1CCCCN1C(=O)C1Cc2ccccc21. The zero-order valence-electron chi connectivity index (χ0n) is 10.7. The zero-order chi connectivity index (χ0) is 13.4. The molecule has 2 atom stereocenters. The Kier molecular flexibility index (Phi) is 3.01. The number of piperidine rings is 1. The Morgan fingerprint density at radius 3 is 2.74 bits per heavy atom. The number of carboxylic acid groups (broad SMARTS) is 1. The fourth-order valence-electron chi connectivity index (χ4n) is 3.13. The molecule has 3 rings (SSSR count). The molecule has 1 saturated heterocycles. The van der Waals surface area contributed by atoms with Crippen molar-refractivity contribution in [1.82, 2.24) is 4.90 Å². The molecule has 0 aromatic heterocycles. The van der Waals surface area contributed by atoms with E-state index in [0.29, 0.717) is 13.0 Å².